The van der Waals surface area contributed by atoms with E-state index in [-0.39, 0.29) is 13.0 Å². The monoisotopic (exact) mass is 206 g/mol. The standard InChI is InChI=1S/C7H8.C6H10O2/c1-7-5-3-2-4-6-7;1-3-6(2,8)4-5-7/h2-6H,1H3;1,7-8H,4-5H2,2H3. The van der Waals surface area contributed by atoms with Gasteiger partial charge >= 0.3 is 0 Å². The Morgan fingerprint density at radius 1 is 1.33 bits per heavy atom. The molecule has 2 heteroatoms. The number of hydrogen-bond donors (Lipinski definition) is 2. The lowest BCUT2D eigenvalue weighted by molar-refractivity contribution is 0.0879. The Kier molecular flexibility index (Phi) is 6.44. The van der Waals surface area contributed by atoms with E-state index in [0.29, 0.717) is 0 Å². The van der Waals surface area contributed by atoms with Crippen LogP contribution < -0.4 is 0 Å². The summed E-state index contributed by atoms with van der Waals surface area (Å²) in [4.78, 5) is 0. The number of aliphatic hydroxyl groups is 2. The van der Waals surface area contributed by atoms with Crippen LogP contribution in [-0.4, -0.2) is 22.4 Å². The molecule has 1 rings (SSSR count). The molecule has 0 radical (unpaired) electrons. The summed E-state index contributed by atoms with van der Waals surface area (Å²) in [5.41, 5.74) is 0.192. The molecule has 1 unspecified atom stereocenters. The smallest absolute Gasteiger partial charge is 0.124 e. The maximum atomic E-state index is 8.93. The highest BCUT2D eigenvalue weighted by atomic mass is 16.3. The first kappa shape index (κ1) is 13.7. The molecule has 2 N–H and O–H groups in total. The van der Waals surface area contributed by atoms with Gasteiger partial charge < -0.3 is 10.2 Å². The van der Waals surface area contributed by atoms with Gasteiger partial charge in [-0.15, -0.1) is 6.42 Å². The molecule has 0 amide bonds. The summed E-state index contributed by atoms with van der Waals surface area (Å²) < 4.78 is 0. The van der Waals surface area contributed by atoms with Crippen molar-refractivity contribution in [3.63, 3.8) is 0 Å². The van der Waals surface area contributed by atoms with Gasteiger partial charge in [0.1, 0.15) is 5.60 Å². The van der Waals surface area contributed by atoms with Crippen molar-refractivity contribution < 1.29 is 10.2 Å². The molecule has 0 fully saturated rings. The fourth-order valence-corrected chi connectivity index (χ4v) is 0.824. The molecule has 15 heavy (non-hydrogen) atoms. The molecule has 0 bridgehead atoms. The summed E-state index contributed by atoms with van der Waals surface area (Å²) in [6.07, 6.45) is 5.12. The lowest BCUT2D eigenvalue weighted by Gasteiger charge is -2.12. The Balaban J connectivity index is 0.000000262. The summed E-state index contributed by atoms with van der Waals surface area (Å²) >= 11 is 0. The van der Waals surface area contributed by atoms with E-state index >= 15 is 0 Å². The fourth-order valence-electron chi connectivity index (χ4n) is 0.824. The van der Waals surface area contributed by atoms with Crippen LogP contribution >= 0.6 is 0 Å². The van der Waals surface area contributed by atoms with Crippen molar-refractivity contribution in [1.82, 2.24) is 0 Å². The SMILES string of the molecule is C#CC(C)(O)CCO.Cc1ccccc1. The molecule has 0 aliphatic carbocycles. The third kappa shape index (κ3) is 7.75. The first-order valence-electron chi connectivity index (χ1n) is 4.84. The molecule has 2 nitrogen and oxygen atoms in total. The Hall–Kier alpha value is -1.30. The van der Waals surface area contributed by atoms with E-state index in [0.717, 1.165) is 0 Å². The van der Waals surface area contributed by atoms with Crippen LogP contribution in [0.1, 0.15) is 18.9 Å². The first-order chi connectivity index (χ1) is 7.02. The van der Waals surface area contributed by atoms with Crippen molar-refractivity contribution in [2.45, 2.75) is 25.9 Å². The minimum Gasteiger partial charge on any atom is -0.396 e. The lowest BCUT2D eigenvalue weighted by Crippen LogP contribution is -2.22. The number of terminal acetylenes is 1. The highest BCUT2D eigenvalue weighted by molar-refractivity contribution is 5.11. The molecule has 0 aromatic heterocycles. The van der Waals surface area contributed by atoms with E-state index in [2.05, 4.69) is 25.0 Å². The predicted molar refractivity (Wildman–Crippen MR) is 62.3 cm³/mol. The highest BCUT2D eigenvalue weighted by Gasteiger charge is 2.13. The largest absolute Gasteiger partial charge is 0.396 e. The third-order valence-corrected chi connectivity index (χ3v) is 1.85. The normalized spacial score (nSPS) is 13.0. The fraction of sp³-hybridized carbons (Fsp3) is 0.385. The van der Waals surface area contributed by atoms with Gasteiger partial charge in [-0.05, 0) is 13.8 Å². The maximum absolute atomic E-state index is 8.93. The molecule has 0 spiro atoms. The van der Waals surface area contributed by atoms with Crippen molar-refractivity contribution in [2.24, 2.45) is 0 Å². The van der Waals surface area contributed by atoms with Gasteiger partial charge in [0.25, 0.3) is 0 Å². The zero-order chi connectivity index (χ0) is 11.7. The number of hydrogen-bond acceptors (Lipinski definition) is 2. The minimum absolute atomic E-state index is 0.0722. The van der Waals surface area contributed by atoms with Gasteiger partial charge in [0, 0.05) is 13.0 Å². The molecule has 0 heterocycles. The highest BCUT2D eigenvalue weighted by Crippen LogP contribution is 2.04. The van der Waals surface area contributed by atoms with Crippen molar-refractivity contribution >= 4 is 0 Å². The Morgan fingerprint density at radius 2 is 1.87 bits per heavy atom. The molecular formula is C13H18O2. The van der Waals surface area contributed by atoms with Gasteiger partial charge in [0.2, 0.25) is 0 Å². The van der Waals surface area contributed by atoms with Crippen molar-refractivity contribution in [2.75, 3.05) is 6.61 Å². The van der Waals surface area contributed by atoms with Crippen LogP contribution in [0.15, 0.2) is 30.3 Å². The maximum Gasteiger partial charge on any atom is 0.124 e. The molecule has 0 aliphatic rings. The molecule has 1 aromatic rings. The summed E-state index contributed by atoms with van der Waals surface area (Å²) in [7, 11) is 0. The molecular weight excluding hydrogens is 188 g/mol. The Morgan fingerprint density at radius 3 is 2.07 bits per heavy atom. The van der Waals surface area contributed by atoms with Gasteiger partial charge in [0.15, 0.2) is 0 Å². The van der Waals surface area contributed by atoms with E-state index in [4.69, 9.17) is 16.6 Å². The number of aryl methyl sites for hydroxylation is 1. The average Bonchev–Trinajstić information content (AvgIpc) is 2.20. The molecule has 1 aromatic carbocycles. The van der Waals surface area contributed by atoms with Crippen molar-refractivity contribution in [1.29, 1.82) is 0 Å². The van der Waals surface area contributed by atoms with E-state index in [1.54, 1.807) is 0 Å². The molecule has 1 atom stereocenters. The second-order valence-corrected chi connectivity index (χ2v) is 3.55. The van der Waals surface area contributed by atoms with E-state index in [9.17, 15) is 0 Å². The zero-order valence-electron chi connectivity index (χ0n) is 9.27. The van der Waals surface area contributed by atoms with Gasteiger partial charge in [-0.1, -0.05) is 41.8 Å². The van der Waals surface area contributed by atoms with E-state index in [1.165, 1.54) is 12.5 Å². The van der Waals surface area contributed by atoms with Crippen LogP contribution in [0.5, 0.6) is 0 Å². The number of rotatable bonds is 2. The third-order valence-electron chi connectivity index (χ3n) is 1.85. The Labute approximate surface area is 91.6 Å². The first-order valence-corrected chi connectivity index (χ1v) is 4.84. The van der Waals surface area contributed by atoms with Crippen LogP contribution in [0.4, 0.5) is 0 Å². The summed E-state index contributed by atoms with van der Waals surface area (Å²) in [5.74, 6) is 2.14. The van der Waals surface area contributed by atoms with Gasteiger partial charge in [0.05, 0.1) is 0 Å². The van der Waals surface area contributed by atoms with Crippen LogP contribution in [-0.2, 0) is 0 Å². The topological polar surface area (TPSA) is 40.5 Å². The van der Waals surface area contributed by atoms with Gasteiger partial charge in [-0.25, -0.2) is 0 Å². The Bertz CT molecular complexity index is 296. The number of aliphatic hydroxyl groups excluding tert-OH is 1. The summed E-state index contributed by atoms with van der Waals surface area (Å²) in [6, 6.07) is 10.3. The molecule has 82 valence electrons. The quantitative estimate of drug-likeness (QED) is 0.724. The average molecular weight is 206 g/mol. The molecule has 0 aliphatic heterocycles. The minimum atomic E-state index is -1.13. The zero-order valence-corrected chi connectivity index (χ0v) is 9.27. The van der Waals surface area contributed by atoms with Gasteiger partial charge in [-0.2, -0.15) is 0 Å². The molecule has 0 saturated carbocycles. The summed E-state index contributed by atoms with van der Waals surface area (Å²) in [6.45, 7) is 3.50. The van der Waals surface area contributed by atoms with Gasteiger partial charge in [-0.3, -0.25) is 0 Å². The van der Waals surface area contributed by atoms with Crippen molar-refractivity contribution in [3.8, 4) is 12.3 Å². The second kappa shape index (κ2) is 7.05. The van der Waals surface area contributed by atoms with E-state index < -0.39 is 5.60 Å². The summed E-state index contributed by atoms with van der Waals surface area (Å²) in [5, 5.41) is 17.2. The predicted octanol–water partition coefficient (Wildman–Crippen LogP) is 1.75. The number of benzene rings is 1. The second-order valence-electron chi connectivity index (χ2n) is 3.55. The van der Waals surface area contributed by atoms with E-state index in [1.807, 2.05) is 18.2 Å². The van der Waals surface area contributed by atoms with Crippen LogP contribution in [0.25, 0.3) is 0 Å². The van der Waals surface area contributed by atoms with Crippen molar-refractivity contribution in [3.05, 3.63) is 35.9 Å². The molecule has 0 saturated heterocycles. The van der Waals surface area contributed by atoms with Crippen LogP contribution in [0, 0.1) is 19.3 Å². The van der Waals surface area contributed by atoms with Crippen LogP contribution in [0.2, 0.25) is 0 Å². The van der Waals surface area contributed by atoms with Crippen LogP contribution in [0.3, 0.4) is 0 Å². The lowest BCUT2D eigenvalue weighted by atomic mass is 10.1.